The Balaban J connectivity index is 1.99. The summed E-state index contributed by atoms with van der Waals surface area (Å²) in [5.41, 5.74) is 8.87. The fourth-order valence-corrected chi connectivity index (χ4v) is 2.71. The van der Waals surface area contributed by atoms with Crippen molar-refractivity contribution in [2.45, 2.75) is 13.3 Å². The van der Waals surface area contributed by atoms with Gasteiger partial charge in [-0.25, -0.2) is 0 Å². The monoisotopic (exact) mass is 298 g/mol. The Hall–Kier alpha value is -2.47. The minimum Gasteiger partial charge on any atom is -0.374 e. The molecule has 3 N–H and O–H groups in total. The van der Waals surface area contributed by atoms with Gasteiger partial charge in [-0.2, -0.15) is 0 Å². The van der Waals surface area contributed by atoms with E-state index in [1.54, 1.807) is 6.07 Å². The first-order chi connectivity index (χ1) is 10.2. The maximum absolute atomic E-state index is 12.2. The van der Waals surface area contributed by atoms with Crippen LogP contribution in [0.5, 0.6) is 0 Å². The second-order valence-corrected chi connectivity index (χ2v) is 5.62. The number of nitrogens with two attached hydrogens (primary N) is 1. The van der Waals surface area contributed by atoms with Crippen LogP contribution >= 0.6 is 11.3 Å². The Kier molecular flexibility index (Phi) is 3.53. The first-order valence-electron chi connectivity index (χ1n) is 6.59. The lowest BCUT2D eigenvalue weighted by Gasteiger charge is -2.04. The minimum atomic E-state index is -0.191. The van der Waals surface area contributed by atoms with Gasteiger partial charge in [0.05, 0.1) is 5.56 Å². The van der Waals surface area contributed by atoms with Crippen molar-refractivity contribution < 1.29 is 0 Å². The maximum atomic E-state index is 12.2. The Morgan fingerprint density at radius 2 is 1.90 bits per heavy atom. The van der Waals surface area contributed by atoms with Crippen LogP contribution in [-0.4, -0.2) is 15.2 Å². The molecule has 0 aliphatic heterocycles. The number of hydrogen-bond donors (Lipinski definition) is 2. The molecule has 0 atom stereocenters. The molecule has 0 saturated carbocycles. The number of nitrogens with zero attached hydrogens (tertiary/aromatic N) is 2. The molecule has 0 saturated heterocycles. The van der Waals surface area contributed by atoms with Crippen molar-refractivity contribution in [3.63, 3.8) is 0 Å². The van der Waals surface area contributed by atoms with Crippen LogP contribution in [-0.2, 0) is 6.42 Å². The van der Waals surface area contributed by atoms with Gasteiger partial charge in [-0.1, -0.05) is 42.5 Å². The van der Waals surface area contributed by atoms with Gasteiger partial charge in [-0.15, -0.1) is 10.2 Å². The molecule has 106 valence electrons. The summed E-state index contributed by atoms with van der Waals surface area (Å²) in [5.74, 6) is 0. The Labute approximate surface area is 125 Å². The van der Waals surface area contributed by atoms with E-state index in [-0.39, 0.29) is 5.56 Å². The van der Waals surface area contributed by atoms with E-state index >= 15 is 0 Å². The summed E-state index contributed by atoms with van der Waals surface area (Å²) in [7, 11) is 0. The van der Waals surface area contributed by atoms with E-state index in [1.165, 1.54) is 16.9 Å². The number of hydrogen-bond acceptors (Lipinski definition) is 5. The molecule has 6 heteroatoms. The SMILES string of the molecule is CCc1ccc(-c2ccc(-c3nnc(N)s3)c(=O)[nH]2)cc1. The molecule has 2 heterocycles. The third-order valence-electron chi connectivity index (χ3n) is 3.25. The van der Waals surface area contributed by atoms with Crippen molar-refractivity contribution in [2.75, 3.05) is 5.73 Å². The van der Waals surface area contributed by atoms with Crippen LogP contribution < -0.4 is 11.3 Å². The second kappa shape index (κ2) is 5.49. The third-order valence-corrected chi connectivity index (χ3v) is 4.04. The van der Waals surface area contributed by atoms with Gasteiger partial charge in [0.1, 0.15) is 0 Å². The predicted molar refractivity (Wildman–Crippen MR) is 85.2 cm³/mol. The van der Waals surface area contributed by atoms with Crippen molar-refractivity contribution in [3.8, 4) is 21.8 Å². The Bertz CT molecular complexity index is 820. The number of benzene rings is 1. The van der Waals surface area contributed by atoms with Crippen molar-refractivity contribution in [1.82, 2.24) is 15.2 Å². The fourth-order valence-electron chi connectivity index (χ4n) is 2.07. The molecule has 0 bridgehead atoms. The smallest absolute Gasteiger partial charge is 0.258 e. The molecule has 0 aliphatic carbocycles. The van der Waals surface area contributed by atoms with E-state index < -0.39 is 0 Å². The molecule has 2 aromatic heterocycles. The molecule has 21 heavy (non-hydrogen) atoms. The highest BCUT2D eigenvalue weighted by Gasteiger charge is 2.10. The highest BCUT2D eigenvalue weighted by atomic mass is 32.1. The van der Waals surface area contributed by atoms with Crippen molar-refractivity contribution in [2.24, 2.45) is 0 Å². The molecule has 0 amide bonds. The largest absolute Gasteiger partial charge is 0.374 e. The van der Waals surface area contributed by atoms with E-state index in [0.29, 0.717) is 15.7 Å². The van der Waals surface area contributed by atoms with Gasteiger partial charge in [-0.05, 0) is 29.7 Å². The predicted octanol–water partition coefficient (Wildman–Crippen LogP) is 2.71. The third kappa shape index (κ3) is 2.71. The normalized spacial score (nSPS) is 10.7. The van der Waals surface area contributed by atoms with Crippen molar-refractivity contribution in [3.05, 3.63) is 52.3 Å². The summed E-state index contributed by atoms with van der Waals surface area (Å²) >= 11 is 1.20. The average molecular weight is 298 g/mol. The first-order valence-corrected chi connectivity index (χ1v) is 7.41. The van der Waals surface area contributed by atoms with Gasteiger partial charge in [0.25, 0.3) is 5.56 Å². The number of H-pyrrole nitrogens is 1. The van der Waals surface area contributed by atoms with E-state index in [9.17, 15) is 4.79 Å². The lowest BCUT2D eigenvalue weighted by Crippen LogP contribution is -2.09. The molecular weight excluding hydrogens is 284 g/mol. The summed E-state index contributed by atoms with van der Waals surface area (Å²) in [6, 6.07) is 11.8. The summed E-state index contributed by atoms with van der Waals surface area (Å²) in [6.07, 6.45) is 0.994. The average Bonchev–Trinajstić information content (AvgIpc) is 2.93. The molecule has 1 aromatic carbocycles. The lowest BCUT2D eigenvalue weighted by atomic mass is 10.1. The van der Waals surface area contributed by atoms with Crippen LogP contribution in [0, 0.1) is 0 Å². The number of aromatic nitrogens is 3. The molecule has 0 radical (unpaired) electrons. The minimum absolute atomic E-state index is 0.191. The van der Waals surface area contributed by atoms with Crippen LogP contribution in [0.15, 0.2) is 41.2 Å². The zero-order valence-electron chi connectivity index (χ0n) is 11.5. The topological polar surface area (TPSA) is 84.7 Å². The molecule has 0 fully saturated rings. The van der Waals surface area contributed by atoms with E-state index in [0.717, 1.165) is 17.7 Å². The van der Waals surface area contributed by atoms with E-state index in [1.807, 2.05) is 18.2 Å². The molecule has 0 unspecified atom stereocenters. The van der Waals surface area contributed by atoms with Gasteiger partial charge in [0.2, 0.25) is 5.13 Å². The zero-order chi connectivity index (χ0) is 14.8. The molecule has 0 spiro atoms. The maximum Gasteiger partial charge on any atom is 0.258 e. The Morgan fingerprint density at radius 3 is 2.48 bits per heavy atom. The number of pyridine rings is 1. The zero-order valence-corrected chi connectivity index (χ0v) is 12.3. The molecular formula is C15H14N4OS. The quantitative estimate of drug-likeness (QED) is 0.778. The summed E-state index contributed by atoms with van der Waals surface area (Å²) < 4.78 is 0. The van der Waals surface area contributed by atoms with Gasteiger partial charge >= 0.3 is 0 Å². The number of rotatable bonds is 3. The summed E-state index contributed by atoms with van der Waals surface area (Å²) in [5, 5.41) is 8.50. The number of anilines is 1. The van der Waals surface area contributed by atoms with Crippen LogP contribution in [0.25, 0.3) is 21.8 Å². The van der Waals surface area contributed by atoms with Crippen LogP contribution in [0.2, 0.25) is 0 Å². The van der Waals surface area contributed by atoms with Crippen LogP contribution in [0.3, 0.4) is 0 Å². The van der Waals surface area contributed by atoms with Gasteiger partial charge in [-0.3, -0.25) is 4.79 Å². The molecule has 3 rings (SSSR count). The van der Waals surface area contributed by atoms with Gasteiger partial charge in [0.15, 0.2) is 5.01 Å². The summed E-state index contributed by atoms with van der Waals surface area (Å²) in [4.78, 5) is 15.1. The standard InChI is InChI=1S/C15H14N4OS/c1-2-9-3-5-10(6-4-9)12-8-7-11(13(20)17-12)14-18-19-15(16)21-14/h3-8H,2H2,1H3,(H2,16,19)(H,17,20). The van der Waals surface area contributed by atoms with Crippen molar-refractivity contribution >= 4 is 16.5 Å². The van der Waals surface area contributed by atoms with E-state index in [2.05, 4.69) is 34.2 Å². The fraction of sp³-hybridized carbons (Fsp3) is 0.133. The van der Waals surface area contributed by atoms with Crippen LogP contribution in [0.4, 0.5) is 5.13 Å². The molecule has 3 aromatic rings. The molecule has 0 aliphatic rings. The van der Waals surface area contributed by atoms with Gasteiger partial charge in [0, 0.05) is 5.69 Å². The molecule has 5 nitrogen and oxygen atoms in total. The number of aromatic amines is 1. The van der Waals surface area contributed by atoms with Crippen LogP contribution in [0.1, 0.15) is 12.5 Å². The first kappa shape index (κ1) is 13.5. The second-order valence-electron chi connectivity index (χ2n) is 4.61. The highest BCUT2D eigenvalue weighted by molar-refractivity contribution is 7.18. The number of nitrogens with one attached hydrogen (secondary N) is 1. The summed E-state index contributed by atoms with van der Waals surface area (Å²) in [6.45, 7) is 2.11. The van der Waals surface area contributed by atoms with Crippen molar-refractivity contribution in [1.29, 1.82) is 0 Å². The number of nitrogen functional groups attached to an aromatic ring is 1. The number of aryl methyl sites for hydroxylation is 1. The highest BCUT2D eigenvalue weighted by Crippen LogP contribution is 2.23. The van der Waals surface area contributed by atoms with E-state index in [4.69, 9.17) is 5.73 Å². The van der Waals surface area contributed by atoms with Gasteiger partial charge < -0.3 is 10.7 Å². The Morgan fingerprint density at radius 1 is 1.14 bits per heavy atom. The lowest BCUT2D eigenvalue weighted by molar-refractivity contribution is 1.10.